The van der Waals surface area contributed by atoms with E-state index >= 15 is 0 Å². The summed E-state index contributed by atoms with van der Waals surface area (Å²) in [6, 6.07) is 6.19. The molecule has 0 spiro atoms. The van der Waals surface area contributed by atoms with Crippen molar-refractivity contribution >= 4 is 11.0 Å². The molecule has 0 saturated carbocycles. The largest absolute Gasteiger partial charge is 0.326 e. The molecule has 0 radical (unpaired) electrons. The van der Waals surface area contributed by atoms with Crippen molar-refractivity contribution < 1.29 is 0 Å². The Kier molecular flexibility index (Phi) is 3.66. The molecule has 21 heavy (non-hydrogen) atoms. The molecule has 0 bridgehead atoms. The van der Waals surface area contributed by atoms with E-state index in [2.05, 4.69) is 40.5 Å². The van der Waals surface area contributed by atoms with Crippen molar-refractivity contribution in [1.82, 2.24) is 19.5 Å². The normalized spacial score (nSPS) is 11.4. The average molecular weight is 281 g/mol. The molecule has 0 saturated heterocycles. The molecule has 0 amide bonds. The number of hydrogen-bond acceptors (Lipinski definition) is 4. The van der Waals surface area contributed by atoms with Gasteiger partial charge in [0.1, 0.15) is 5.69 Å². The number of nitrogens with zero attached hydrogens (tertiary/aromatic N) is 4. The third-order valence-electron chi connectivity index (χ3n) is 3.39. The summed E-state index contributed by atoms with van der Waals surface area (Å²) in [5.41, 5.74) is 9.67. The smallest absolute Gasteiger partial charge is 0.161 e. The number of imidazole rings is 1. The van der Waals surface area contributed by atoms with Crippen LogP contribution in [0, 0.1) is 5.92 Å². The van der Waals surface area contributed by atoms with Crippen LogP contribution in [-0.4, -0.2) is 19.5 Å². The van der Waals surface area contributed by atoms with Crippen LogP contribution < -0.4 is 5.73 Å². The van der Waals surface area contributed by atoms with Gasteiger partial charge in [0.2, 0.25) is 0 Å². The number of rotatable bonds is 4. The second-order valence-corrected chi connectivity index (χ2v) is 5.56. The summed E-state index contributed by atoms with van der Waals surface area (Å²) < 4.78 is 2.21. The Morgan fingerprint density at radius 1 is 1.24 bits per heavy atom. The SMILES string of the molecule is CC(C)Cn1c(-c2cnccn2)nc2cc(CN)ccc21. The van der Waals surface area contributed by atoms with Crippen LogP contribution in [0.25, 0.3) is 22.6 Å². The highest BCUT2D eigenvalue weighted by molar-refractivity contribution is 5.80. The molecule has 5 heteroatoms. The van der Waals surface area contributed by atoms with Gasteiger partial charge in [0, 0.05) is 25.5 Å². The molecule has 0 aliphatic heterocycles. The van der Waals surface area contributed by atoms with E-state index in [1.165, 1.54) is 0 Å². The Balaban J connectivity index is 2.22. The maximum absolute atomic E-state index is 5.72. The lowest BCUT2D eigenvalue weighted by molar-refractivity contribution is 0.536. The highest BCUT2D eigenvalue weighted by Crippen LogP contribution is 2.25. The maximum Gasteiger partial charge on any atom is 0.161 e. The van der Waals surface area contributed by atoms with Crippen LogP contribution in [0.5, 0.6) is 0 Å². The Morgan fingerprint density at radius 2 is 2.10 bits per heavy atom. The van der Waals surface area contributed by atoms with Crippen LogP contribution in [0.4, 0.5) is 0 Å². The molecule has 0 aliphatic rings. The first-order chi connectivity index (χ1) is 10.2. The lowest BCUT2D eigenvalue weighted by Crippen LogP contribution is -2.07. The molecule has 0 unspecified atom stereocenters. The van der Waals surface area contributed by atoms with E-state index in [9.17, 15) is 0 Å². The summed E-state index contributed by atoms with van der Waals surface area (Å²) in [7, 11) is 0. The van der Waals surface area contributed by atoms with Crippen molar-refractivity contribution in [2.75, 3.05) is 0 Å². The van der Waals surface area contributed by atoms with Gasteiger partial charge in [0.15, 0.2) is 5.82 Å². The third kappa shape index (κ3) is 2.64. The van der Waals surface area contributed by atoms with Gasteiger partial charge in [0.25, 0.3) is 0 Å². The Hall–Kier alpha value is -2.27. The summed E-state index contributed by atoms with van der Waals surface area (Å²) in [4.78, 5) is 13.3. The fraction of sp³-hybridized carbons (Fsp3) is 0.312. The minimum Gasteiger partial charge on any atom is -0.326 e. The van der Waals surface area contributed by atoms with E-state index in [-0.39, 0.29) is 0 Å². The molecule has 0 atom stereocenters. The van der Waals surface area contributed by atoms with Crippen molar-refractivity contribution in [2.45, 2.75) is 26.9 Å². The zero-order chi connectivity index (χ0) is 14.8. The fourth-order valence-electron chi connectivity index (χ4n) is 2.46. The van der Waals surface area contributed by atoms with Gasteiger partial charge in [-0.15, -0.1) is 0 Å². The van der Waals surface area contributed by atoms with E-state index in [0.29, 0.717) is 12.5 Å². The number of nitrogens with two attached hydrogens (primary N) is 1. The summed E-state index contributed by atoms with van der Waals surface area (Å²) in [6.07, 6.45) is 5.12. The van der Waals surface area contributed by atoms with E-state index in [1.54, 1.807) is 18.6 Å². The van der Waals surface area contributed by atoms with Crippen LogP contribution in [0.2, 0.25) is 0 Å². The molecule has 5 nitrogen and oxygen atoms in total. The Labute approximate surface area is 123 Å². The molecule has 2 aromatic heterocycles. The average Bonchev–Trinajstić information content (AvgIpc) is 2.85. The molecule has 3 rings (SSSR count). The first-order valence-corrected chi connectivity index (χ1v) is 7.14. The van der Waals surface area contributed by atoms with Crippen LogP contribution in [0.1, 0.15) is 19.4 Å². The standard InChI is InChI=1S/C16H19N5/c1-11(2)10-21-15-4-3-12(8-17)7-13(15)20-16(21)14-9-18-5-6-19-14/h3-7,9,11H,8,10,17H2,1-2H3. The molecule has 0 fully saturated rings. The second-order valence-electron chi connectivity index (χ2n) is 5.56. The summed E-state index contributed by atoms with van der Waals surface area (Å²) >= 11 is 0. The predicted octanol–water partition coefficient (Wildman–Crippen LogP) is 2.61. The third-order valence-corrected chi connectivity index (χ3v) is 3.39. The Morgan fingerprint density at radius 3 is 2.76 bits per heavy atom. The van der Waals surface area contributed by atoms with E-state index in [1.807, 2.05) is 6.07 Å². The van der Waals surface area contributed by atoms with Crippen molar-refractivity contribution in [1.29, 1.82) is 0 Å². The summed E-state index contributed by atoms with van der Waals surface area (Å²) in [6.45, 7) is 5.80. The van der Waals surface area contributed by atoms with E-state index < -0.39 is 0 Å². The topological polar surface area (TPSA) is 69.6 Å². The number of benzene rings is 1. The number of fused-ring (bicyclic) bond motifs is 1. The van der Waals surface area contributed by atoms with Crippen molar-refractivity contribution in [2.24, 2.45) is 11.7 Å². The zero-order valence-electron chi connectivity index (χ0n) is 12.3. The monoisotopic (exact) mass is 281 g/mol. The van der Waals surface area contributed by atoms with Crippen LogP contribution in [0.15, 0.2) is 36.8 Å². The maximum atomic E-state index is 5.72. The lowest BCUT2D eigenvalue weighted by Gasteiger charge is -2.11. The molecule has 3 aromatic rings. The number of hydrogen-bond donors (Lipinski definition) is 1. The number of aromatic nitrogens is 4. The van der Waals surface area contributed by atoms with Gasteiger partial charge in [-0.2, -0.15) is 0 Å². The van der Waals surface area contributed by atoms with Crippen LogP contribution in [-0.2, 0) is 13.1 Å². The van der Waals surface area contributed by atoms with Crippen molar-refractivity contribution in [3.8, 4) is 11.5 Å². The molecule has 2 N–H and O–H groups in total. The lowest BCUT2D eigenvalue weighted by atomic mass is 10.2. The van der Waals surface area contributed by atoms with Crippen molar-refractivity contribution in [3.63, 3.8) is 0 Å². The summed E-state index contributed by atoms with van der Waals surface area (Å²) in [5, 5.41) is 0. The first kappa shape index (κ1) is 13.7. The minimum atomic E-state index is 0.520. The highest BCUT2D eigenvalue weighted by atomic mass is 15.1. The summed E-state index contributed by atoms with van der Waals surface area (Å²) in [5.74, 6) is 1.38. The van der Waals surface area contributed by atoms with Crippen molar-refractivity contribution in [3.05, 3.63) is 42.4 Å². The molecule has 1 aromatic carbocycles. The molecule has 2 heterocycles. The van der Waals surface area contributed by atoms with Crippen LogP contribution >= 0.6 is 0 Å². The quantitative estimate of drug-likeness (QED) is 0.798. The van der Waals surface area contributed by atoms with Crippen LogP contribution in [0.3, 0.4) is 0 Å². The first-order valence-electron chi connectivity index (χ1n) is 7.14. The van der Waals surface area contributed by atoms with Gasteiger partial charge < -0.3 is 10.3 Å². The van der Waals surface area contributed by atoms with Gasteiger partial charge in [-0.3, -0.25) is 4.98 Å². The predicted molar refractivity (Wildman–Crippen MR) is 83.5 cm³/mol. The fourth-order valence-corrected chi connectivity index (χ4v) is 2.46. The molecule has 0 aliphatic carbocycles. The van der Waals surface area contributed by atoms with Gasteiger partial charge >= 0.3 is 0 Å². The van der Waals surface area contributed by atoms with Gasteiger partial charge in [0.05, 0.1) is 17.2 Å². The molecular formula is C16H19N5. The van der Waals surface area contributed by atoms with E-state index in [4.69, 9.17) is 10.7 Å². The Bertz CT molecular complexity index is 746. The van der Waals surface area contributed by atoms with Gasteiger partial charge in [-0.05, 0) is 23.6 Å². The van der Waals surface area contributed by atoms with Gasteiger partial charge in [-0.25, -0.2) is 9.97 Å². The molecular weight excluding hydrogens is 262 g/mol. The molecule has 108 valence electrons. The van der Waals surface area contributed by atoms with Gasteiger partial charge in [-0.1, -0.05) is 19.9 Å². The second kappa shape index (κ2) is 5.61. The highest BCUT2D eigenvalue weighted by Gasteiger charge is 2.14. The van der Waals surface area contributed by atoms with E-state index in [0.717, 1.165) is 34.7 Å². The zero-order valence-corrected chi connectivity index (χ0v) is 12.3. The minimum absolute atomic E-state index is 0.520.